The highest BCUT2D eigenvalue weighted by molar-refractivity contribution is 5.92. The molecule has 2 aromatic rings. The van der Waals surface area contributed by atoms with Crippen molar-refractivity contribution in [1.82, 2.24) is 29.5 Å². The van der Waals surface area contributed by atoms with Crippen LogP contribution in [-0.2, 0) is 33.6 Å². The van der Waals surface area contributed by atoms with E-state index in [1.54, 1.807) is 11.1 Å². The Bertz CT molecular complexity index is 1250. The highest BCUT2D eigenvalue weighted by Gasteiger charge is 2.43. The Morgan fingerprint density at radius 3 is 2.27 bits per heavy atom. The molecule has 1 saturated heterocycles. The number of likely N-dealkylation sites (tertiary alicyclic amines) is 1. The van der Waals surface area contributed by atoms with Crippen molar-refractivity contribution in [3.05, 3.63) is 36.0 Å². The van der Waals surface area contributed by atoms with Gasteiger partial charge in [-0.3, -0.25) is 19.3 Å². The van der Waals surface area contributed by atoms with Gasteiger partial charge in [-0.2, -0.15) is 13.2 Å². The van der Waals surface area contributed by atoms with Gasteiger partial charge < -0.3 is 14.4 Å². The molecular formula is C28H36F3N7O3. The van der Waals surface area contributed by atoms with E-state index < -0.39 is 17.4 Å². The zero-order valence-electron chi connectivity index (χ0n) is 23.3. The lowest BCUT2D eigenvalue weighted by atomic mass is 9.78. The summed E-state index contributed by atoms with van der Waals surface area (Å²) in [6, 6.07) is 5.45. The first-order chi connectivity index (χ1) is 19.6. The van der Waals surface area contributed by atoms with Crippen molar-refractivity contribution in [2.75, 3.05) is 24.5 Å². The van der Waals surface area contributed by atoms with Gasteiger partial charge in [-0.05, 0) is 43.2 Å². The Balaban J connectivity index is 1.19. The van der Waals surface area contributed by atoms with Crippen LogP contribution < -0.4 is 4.90 Å². The molecule has 0 unspecified atom stereocenters. The van der Waals surface area contributed by atoms with E-state index in [4.69, 9.17) is 0 Å². The minimum atomic E-state index is -4.59. The molecule has 2 aromatic heterocycles. The maximum absolute atomic E-state index is 13.5. The molecular weight excluding hydrogens is 539 g/mol. The SMILES string of the molecule is CCC(=O)N(c1ccccn1)C1CCN(C(=O)CC2(CC(=O)N3CCn4c(nnc4C(F)(F)F)C3)CCCC2)CC1. The first kappa shape index (κ1) is 29.0. The first-order valence-corrected chi connectivity index (χ1v) is 14.4. The van der Waals surface area contributed by atoms with Crippen LogP contribution in [0.15, 0.2) is 24.4 Å². The molecule has 2 fully saturated rings. The van der Waals surface area contributed by atoms with Crippen LogP contribution in [0.4, 0.5) is 19.0 Å². The van der Waals surface area contributed by atoms with Gasteiger partial charge in [0.15, 0.2) is 5.82 Å². The second-order valence-corrected chi connectivity index (χ2v) is 11.4. The van der Waals surface area contributed by atoms with Gasteiger partial charge in [-0.1, -0.05) is 25.8 Å². The number of rotatable bonds is 7. The first-order valence-electron chi connectivity index (χ1n) is 14.4. The molecule has 13 heteroatoms. The number of fused-ring (bicyclic) bond motifs is 1. The summed E-state index contributed by atoms with van der Waals surface area (Å²) in [5.74, 6) is -0.440. The normalized spacial score (nSPS) is 19.2. The summed E-state index contributed by atoms with van der Waals surface area (Å²) in [5, 5.41) is 6.97. The number of carbonyl (C=O) groups excluding carboxylic acids is 3. The number of nitrogens with zero attached hydrogens (tertiary/aromatic N) is 7. The average molecular weight is 576 g/mol. The maximum atomic E-state index is 13.5. The molecule has 0 atom stereocenters. The Morgan fingerprint density at radius 2 is 1.66 bits per heavy atom. The summed E-state index contributed by atoms with van der Waals surface area (Å²) >= 11 is 0. The number of halogens is 3. The minimum absolute atomic E-state index is 0.00231. The predicted molar refractivity (Wildman–Crippen MR) is 142 cm³/mol. The molecule has 0 aromatic carbocycles. The van der Waals surface area contributed by atoms with Crippen molar-refractivity contribution in [3.63, 3.8) is 0 Å². The fourth-order valence-corrected chi connectivity index (χ4v) is 6.55. The zero-order chi connectivity index (χ0) is 29.2. The van der Waals surface area contributed by atoms with Gasteiger partial charge in [-0.25, -0.2) is 4.98 Å². The van der Waals surface area contributed by atoms with Gasteiger partial charge in [0.1, 0.15) is 5.82 Å². The highest BCUT2D eigenvalue weighted by Crippen LogP contribution is 2.45. The fraction of sp³-hybridized carbons (Fsp3) is 0.643. The largest absolute Gasteiger partial charge is 0.451 e. The summed E-state index contributed by atoms with van der Waals surface area (Å²) in [6.45, 7) is 2.98. The third-order valence-electron chi connectivity index (χ3n) is 8.73. The smallest absolute Gasteiger partial charge is 0.343 e. The molecule has 2 aliphatic heterocycles. The number of piperidine rings is 1. The van der Waals surface area contributed by atoms with Crippen LogP contribution in [0.1, 0.15) is 76.4 Å². The quantitative estimate of drug-likeness (QED) is 0.498. The Kier molecular flexibility index (Phi) is 8.32. The van der Waals surface area contributed by atoms with Crippen molar-refractivity contribution in [2.45, 2.75) is 90.0 Å². The van der Waals surface area contributed by atoms with Crippen LogP contribution in [0.25, 0.3) is 0 Å². The number of alkyl halides is 3. The van der Waals surface area contributed by atoms with Crippen LogP contribution in [0.3, 0.4) is 0 Å². The lowest BCUT2D eigenvalue weighted by Gasteiger charge is -2.39. The number of aromatic nitrogens is 4. The van der Waals surface area contributed by atoms with E-state index in [1.807, 2.05) is 30.0 Å². The number of hydrogen-bond donors (Lipinski definition) is 0. The van der Waals surface area contributed by atoms with Crippen molar-refractivity contribution in [1.29, 1.82) is 0 Å². The van der Waals surface area contributed by atoms with Crippen molar-refractivity contribution < 1.29 is 27.6 Å². The molecule has 1 saturated carbocycles. The molecule has 10 nitrogen and oxygen atoms in total. The monoisotopic (exact) mass is 575 g/mol. The second kappa shape index (κ2) is 11.8. The van der Waals surface area contributed by atoms with Crippen LogP contribution in [0.2, 0.25) is 0 Å². The molecule has 0 radical (unpaired) electrons. The Labute approximate surface area is 236 Å². The molecule has 222 valence electrons. The van der Waals surface area contributed by atoms with Gasteiger partial charge in [-0.15, -0.1) is 10.2 Å². The Morgan fingerprint density at radius 1 is 0.976 bits per heavy atom. The molecule has 41 heavy (non-hydrogen) atoms. The second-order valence-electron chi connectivity index (χ2n) is 11.4. The number of hydrogen-bond acceptors (Lipinski definition) is 6. The van der Waals surface area contributed by atoms with Crippen LogP contribution >= 0.6 is 0 Å². The molecule has 3 aliphatic rings. The van der Waals surface area contributed by atoms with Gasteiger partial charge in [0.05, 0.1) is 6.54 Å². The van der Waals surface area contributed by atoms with E-state index in [0.29, 0.717) is 38.2 Å². The molecule has 0 bridgehead atoms. The molecule has 0 spiro atoms. The van der Waals surface area contributed by atoms with Gasteiger partial charge in [0.25, 0.3) is 0 Å². The molecule has 1 aliphatic carbocycles. The molecule has 0 N–H and O–H groups in total. The van der Waals surface area contributed by atoms with Crippen LogP contribution in [0.5, 0.6) is 0 Å². The van der Waals surface area contributed by atoms with E-state index in [9.17, 15) is 27.6 Å². The van der Waals surface area contributed by atoms with E-state index >= 15 is 0 Å². The lowest BCUT2D eigenvalue weighted by Crippen LogP contribution is -2.50. The van der Waals surface area contributed by atoms with E-state index in [2.05, 4.69) is 15.2 Å². The van der Waals surface area contributed by atoms with E-state index in [0.717, 1.165) is 30.3 Å². The zero-order valence-corrected chi connectivity index (χ0v) is 23.3. The van der Waals surface area contributed by atoms with Crippen LogP contribution in [-0.4, -0.2) is 72.9 Å². The number of pyridine rings is 1. The van der Waals surface area contributed by atoms with E-state index in [1.165, 1.54) is 4.90 Å². The van der Waals surface area contributed by atoms with Gasteiger partial charge in [0, 0.05) is 57.7 Å². The number of carbonyl (C=O) groups is 3. The molecule has 3 amide bonds. The lowest BCUT2D eigenvalue weighted by molar-refractivity contribution is -0.148. The summed E-state index contributed by atoms with van der Waals surface area (Å²) < 4.78 is 40.6. The summed E-state index contributed by atoms with van der Waals surface area (Å²) in [4.78, 5) is 49.1. The minimum Gasteiger partial charge on any atom is -0.343 e. The molecule has 5 rings (SSSR count). The standard InChI is InChI=1S/C28H36F3N7O3/c1-2-23(39)38(21-7-3-6-12-32-21)20-8-13-35(14-9-20)24(40)17-27(10-4-5-11-27)18-25(41)36-15-16-37-22(19-36)33-34-26(37)28(29,30)31/h3,6-7,12,20H,2,4-5,8-11,13-19H2,1H3. The fourth-order valence-electron chi connectivity index (χ4n) is 6.55. The van der Waals surface area contributed by atoms with E-state index in [-0.39, 0.29) is 62.1 Å². The van der Waals surface area contributed by atoms with Gasteiger partial charge in [0.2, 0.25) is 23.5 Å². The number of amides is 3. The average Bonchev–Trinajstić information content (AvgIpc) is 3.61. The highest BCUT2D eigenvalue weighted by atomic mass is 19.4. The summed E-state index contributed by atoms with van der Waals surface area (Å²) in [5.41, 5.74) is -0.453. The van der Waals surface area contributed by atoms with Crippen molar-refractivity contribution >= 4 is 23.5 Å². The van der Waals surface area contributed by atoms with Crippen molar-refractivity contribution in [3.8, 4) is 0 Å². The number of anilines is 1. The third kappa shape index (κ3) is 6.23. The molecule has 4 heterocycles. The van der Waals surface area contributed by atoms with Crippen LogP contribution in [0, 0.1) is 5.41 Å². The Hall–Kier alpha value is -3.51. The summed E-state index contributed by atoms with van der Waals surface area (Å²) in [6.07, 6.45) is 2.59. The maximum Gasteiger partial charge on any atom is 0.451 e. The third-order valence-corrected chi connectivity index (χ3v) is 8.73. The van der Waals surface area contributed by atoms with Crippen molar-refractivity contribution in [2.24, 2.45) is 5.41 Å². The predicted octanol–water partition coefficient (Wildman–Crippen LogP) is 3.81. The van der Waals surface area contributed by atoms with Gasteiger partial charge >= 0.3 is 6.18 Å². The summed E-state index contributed by atoms with van der Waals surface area (Å²) in [7, 11) is 0. The topological polar surface area (TPSA) is 105 Å².